The van der Waals surface area contributed by atoms with Crippen LogP contribution in [0.5, 0.6) is 0 Å². The summed E-state index contributed by atoms with van der Waals surface area (Å²) in [5, 5.41) is 13.4. The Hall–Kier alpha value is -1.11. The molecule has 6 heteroatoms. The fourth-order valence-corrected chi connectivity index (χ4v) is 3.02. The molecule has 21 heavy (non-hydrogen) atoms. The average Bonchev–Trinajstić information content (AvgIpc) is 3.11. The van der Waals surface area contributed by atoms with Gasteiger partial charge in [0.05, 0.1) is 16.0 Å². The predicted octanol–water partition coefficient (Wildman–Crippen LogP) is 2.09. The molecule has 0 bridgehead atoms. The molecule has 1 saturated carbocycles. The van der Waals surface area contributed by atoms with Crippen molar-refractivity contribution in [1.82, 2.24) is 4.72 Å². The quantitative estimate of drug-likeness (QED) is 0.751. The summed E-state index contributed by atoms with van der Waals surface area (Å²) in [6.45, 7) is 7.26. The Bertz CT molecular complexity index is 597. The van der Waals surface area contributed by atoms with Crippen molar-refractivity contribution in [2.24, 2.45) is 0 Å². The molecule has 1 fully saturated rings. The van der Waals surface area contributed by atoms with Crippen molar-refractivity contribution in [1.29, 1.82) is 0 Å². The first-order valence-corrected chi connectivity index (χ1v) is 8.62. The van der Waals surface area contributed by atoms with Crippen molar-refractivity contribution >= 4 is 15.7 Å². The number of anilines is 1. The first-order valence-electron chi connectivity index (χ1n) is 7.14. The van der Waals surface area contributed by atoms with Crippen LogP contribution in [-0.4, -0.2) is 30.7 Å². The first-order chi connectivity index (χ1) is 9.51. The maximum Gasteiger partial charge on any atom is 0.240 e. The highest BCUT2D eigenvalue weighted by atomic mass is 32.2. The van der Waals surface area contributed by atoms with Gasteiger partial charge in [-0.15, -0.1) is 0 Å². The van der Waals surface area contributed by atoms with E-state index in [1.165, 1.54) is 0 Å². The highest BCUT2D eigenvalue weighted by molar-refractivity contribution is 7.89. The highest BCUT2D eigenvalue weighted by Gasteiger charge is 2.35. The summed E-state index contributed by atoms with van der Waals surface area (Å²) in [5.74, 6) is 0. The summed E-state index contributed by atoms with van der Waals surface area (Å²) in [6.07, 6.45) is 1.83. The van der Waals surface area contributed by atoms with Gasteiger partial charge >= 0.3 is 0 Å². The summed E-state index contributed by atoms with van der Waals surface area (Å²) in [4.78, 5) is 0.265. The van der Waals surface area contributed by atoms with E-state index in [-0.39, 0.29) is 10.9 Å². The molecule has 0 spiro atoms. The van der Waals surface area contributed by atoms with E-state index in [4.69, 9.17) is 0 Å². The van der Waals surface area contributed by atoms with Crippen molar-refractivity contribution < 1.29 is 13.5 Å². The van der Waals surface area contributed by atoms with Crippen LogP contribution in [0.3, 0.4) is 0 Å². The number of rotatable bonds is 6. The minimum Gasteiger partial charge on any atom is -0.388 e. The lowest BCUT2D eigenvalue weighted by molar-refractivity contribution is 0.0240. The lowest BCUT2D eigenvalue weighted by Crippen LogP contribution is -2.51. The predicted molar refractivity (Wildman–Crippen MR) is 83.8 cm³/mol. The minimum absolute atomic E-state index is 0.0990. The fraction of sp³-hybridized carbons (Fsp3) is 0.600. The summed E-state index contributed by atoms with van der Waals surface area (Å²) >= 11 is 0. The second kappa shape index (κ2) is 5.26. The second-order valence-electron chi connectivity index (χ2n) is 6.73. The number of hydrogen-bond donors (Lipinski definition) is 3. The Morgan fingerprint density at radius 1 is 1.10 bits per heavy atom. The van der Waals surface area contributed by atoms with Gasteiger partial charge in [0, 0.05) is 11.7 Å². The van der Waals surface area contributed by atoms with Crippen LogP contribution in [0.15, 0.2) is 29.2 Å². The molecule has 0 aromatic heterocycles. The fourth-order valence-electron chi connectivity index (χ4n) is 1.72. The van der Waals surface area contributed by atoms with Crippen LogP contribution in [0.4, 0.5) is 5.69 Å². The molecule has 0 amide bonds. The van der Waals surface area contributed by atoms with Gasteiger partial charge in [-0.05, 0) is 64.8 Å². The number of aliphatic hydroxyl groups is 1. The zero-order valence-electron chi connectivity index (χ0n) is 13.0. The van der Waals surface area contributed by atoms with Crippen molar-refractivity contribution in [3.63, 3.8) is 0 Å². The molecular weight excluding hydrogens is 288 g/mol. The number of sulfonamides is 1. The van der Waals surface area contributed by atoms with Gasteiger partial charge in [-0.2, -0.15) is 0 Å². The van der Waals surface area contributed by atoms with Crippen LogP contribution in [0.2, 0.25) is 0 Å². The van der Waals surface area contributed by atoms with Crippen LogP contribution in [0.25, 0.3) is 0 Å². The lowest BCUT2D eigenvalue weighted by Gasteiger charge is -2.38. The van der Waals surface area contributed by atoms with Crippen LogP contribution in [0, 0.1) is 0 Å². The molecule has 0 saturated heterocycles. The van der Waals surface area contributed by atoms with E-state index in [1.54, 1.807) is 38.1 Å². The lowest BCUT2D eigenvalue weighted by atomic mass is 9.86. The van der Waals surface area contributed by atoms with Crippen LogP contribution in [-0.2, 0) is 10.0 Å². The normalized spacial score (nSPS) is 16.8. The smallest absolute Gasteiger partial charge is 0.240 e. The van der Waals surface area contributed by atoms with Gasteiger partial charge in [0.2, 0.25) is 10.0 Å². The van der Waals surface area contributed by atoms with Crippen molar-refractivity contribution in [3.05, 3.63) is 24.3 Å². The summed E-state index contributed by atoms with van der Waals surface area (Å²) in [7, 11) is -3.41. The molecule has 1 aliphatic carbocycles. The first kappa shape index (κ1) is 16.3. The Kier molecular flexibility index (Phi) is 4.08. The molecule has 1 aliphatic rings. The molecule has 1 aromatic rings. The third-order valence-corrected chi connectivity index (χ3v) is 5.59. The Morgan fingerprint density at radius 2 is 1.62 bits per heavy atom. The van der Waals surface area contributed by atoms with Crippen molar-refractivity contribution in [2.75, 3.05) is 5.32 Å². The molecular formula is C15H24N2O3S. The van der Waals surface area contributed by atoms with Gasteiger partial charge < -0.3 is 10.4 Å². The minimum atomic E-state index is -3.41. The molecule has 0 aliphatic heterocycles. The van der Waals surface area contributed by atoms with Gasteiger partial charge in [0.1, 0.15) is 0 Å². The Labute approximate surface area is 126 Å². The number of hydrogen-bond acceptors (Lipinski definition) is 4. The third kappa shape index (κ3) is 3.96. The van der Waals surface area contributed by atoms with Crippen LogP contribution in [0.1, 0.15) is 40.5 Å². The van der Waals surface area contributed by atoms with E-state index < -0.39 is 21.2 Å². The molecule has 0 radical (unpaired) electrons. The Morgan fingerprint density at radius 3 is 2.05 bits per heavy atom. The molecule has 1 aromatic carbocycles. The molecule has 5 nitrogen and oxygen atoms in total. The molecule has 0 unspecified atom stereocenters. The van der Waals surface area contributed by atoms with Gasteiger partial charge in [-0.1, -0.05) is 0 Å². The zero-order chi connectivity index (χ0) is 15.9. The number of nitrogens with one attached hydrogen (secondary N) is 2. The van der Waals surface area contributed by atoms with E-state index in [0.717, 1.165) is 18.5 Å². The van der Waals surface area contributed by atoms with E-state index in [0.29, 0.717) is 0 Å². The van der Waals surface area contributed by atoms with Crippen LogP contribution < -0.4 is 10.0 Å². The molecule has 0 atom stereocenters. The molecule has 3 N–H and O–H groups in total. The third-order valence-electron chi connectivity index (χ3n) is 4.05. The van der Waals surface area contributed by atoms with Gasteiger partial charge in [-0.3, -0.25) is 0 Å². The van der Waals surface area contributed by atoms with E-state index >= 15 is 0 Å². The van der Waals surface area contributed by atoms with Crippen molar-refractivity contribution in [3.8, 4) is 0 Å². The summed E-state index contributed by atoms with van der Waals surface area (Å²) < 4.78 is 26.8. The van der Waals surface area contributed by atoms with E-state index in [1.807, 2.05) is 13.8 Å². The van der Waals surface area contributed by atoms with Crippen molar-refractivity contribution in [2.45, 2.75) is 62.6 Å². The molecule has 118 valence electrons. The van der Waals surface area contributed by atoms with Crippen LogP contribution >= 0.6 is 0 Å². The van der Waals surface area contributed by atoms with E-state index in [9.17, 15) is 13.5 Å². The monoisotopic (exact) mass is 312 g/mol. The molecule has 2 rings (SSSR count). The standard InChI is InChI=1S/C15H24N2O3S/c1-14(2,15(3,4)18)16-11-7-9-13(10-8-11)21(19,20)17-12-5-6-12/h7-10,12,16-18H,5-6H2,1-4H3. The summed E-state index contributed by atoms with van der Waals surface area (Å²) in [6, 6.07) is 6.69. The molecule has 0 heterocycles. The second-order valence-corrected chi connectivity index (χ2v) is 8.44. The van der Waals surface area contributed by atoms with Gasteiger partial charge in [-0.25, -0.2) is 13.1 Å². The maximum absolute atomic E-state index is 12.1. The number of benzene rings is 1. The van der Waals surface area contributed by atoms with E-state index in [2.05, 4.69) is 10.0 Å². The highest BCUT2D eigenvalue weighted by Crippen LogP contribution is 2.27. The van der Waals surface area contributed by atoms with Gasteiger partial charge in [0.15, 0.2) is 0 Å². The Balaban J connectivity index is 2.12. The summed E-state index contributed by atoms with van der Waals surface area (Å²) in [5.41, 5.74) is -0.683. The van der Waals surface area contributed by atoms with Gasteiger partial charge in [0.25, 0.3) is 0 Å². The maximum atomic E-state index is 12.1. The topological polar surface area (TPSA) is 78.4 Å². The zero-order valence-corrected chi connectivity index (χ0v) is 13.8. The average molecular weight is 312 g/mol. The largest absolute Gasteiger partial charge is 0.388 e. The SMILES string of the molecule is CC(C)(O)C(C)(C)Nc1ccc(S(=O)(=O)NC2CC2)cc1.